The average molecular weight is 299 g/mol. The number of phenols is 1. The van der Waals surface area contributed by atoms with Gasteiger partial charge in [-0.2, -0.15) is 5.10 Å². The zero-order valence-electron chi connectivity index (χ0n) is 10.9. The van der Waals surface area contributed by atoms with Gasteiger partial charge in [0.25, 0.3) is 0 Å². The molecule has 6 heteroatoms. The molecule has 0 spiro atoms. The Balaban J connectivity index is 1.89. The van der Waals surface area contributed by atoms with Crippen LogP contribution in [-0.2, 0) is 0 Å². The molecule has 0 unspecified atom stereocenters. The predicted molar refractivity (Wildman–Crippen MR) is 83.9 cm³/mol. The Morgan fingerprint density at radius 1 is 1.05 bits per heavy atom. The van der Waals surface area contributed by atoms with Crippen LogP contribution in [0.25, 0.3) is 10.8 Å². The van der Waals surface area contributed by atoms with E-state index in [2.05, 4.69) is 20.7 Å². The van der Waals surface area contributed by atoms with Crippen molar-refractivity contribution in [3.63, 3.8) is 0 Å². The molecule has 21 heavy (non-hydrogen) atoms. The maximum absolute atomic E-state index is 9.98. The summed E-state index contributed by atoms with van der Waals surface area (Å²) >= 11 is 5.65. The van der Waals surface area contributed by atoms with Gasteiger partial charge in [-0.15, -0.1) is 10.2 Å². The van der Waals surface area contributed by atoms with Crippen molar-refractivity contribution in [2.45, 2.75) is 0 Å². The molecular formula is C15H11ClN4O. The fourth-order valence-corrected chi connectivity index (χ4v) is 2.06. The van der Waals surface area contributed by atoms with E-state index < -0.39 is 0 Å². The molecule has 0 aliphatic heterocycles. The first-order chi connectivity index (χ1) is 10.2. The van der Waals surface area contributed by atoms with Crippen molar-refractivity contribution in [2.24, 2.45) is 5.10 Å². The van der Waals surface area contributed by atoms with Gasteiger partial charge in [-0.3, -0.25) is 5.43 Å². The van der Waals surface area contributed by atoms with Crippen LogP contribution in [0.3, 0.4) is 0 Å². The number of aromatic nitrogens is 2. The first-order valence-electron chi connectivity index (χ1n) is 6.23. The molecule has 1 aromatic heterocycles. The van der Waals surface area contributed by atoms with E-state index >= 15 is 0 Å². The zero-order valence-corrected chi connectivity index (χ0v) is 11.6. The summed E-state index contributed by atoms with van der Waals surface area (Å²) in [5.74, 6) is 0.636. The van der Waals surface area contributed by atoms with Crippen LogP contribution in [-0.4, -0.2) is 21.5 Å². The van der Waals surface area contributed by atoms with Crippen LogP contribution in [0.4, 0.5) is 5.82 Å². The Kier molecular flexibility index (Phi) is 3.66. The van der Waals surface area contributed by atoms with Crippen molar-refractivity contribution >= 4 is 34.4 Å². The Bertz CT molecular complexity index is 802. The smallest absolute Gasteiger partial charge is 0.168 e. The molecule has 0 atom stereocenters. The van der Waals surface area contributed by atoms with Gasteiger partial charge in [0.2, 0.25) is 0 Å². The molecule has 0 saturated carbocycles. The number of nitrogens with one attached hydrogen (secondary N) is 1. The van der Waals surface area contributed by atoms with E-state index in [1.807, 2.05) is 30.3 Å². The summed E-state index contributed by atoms with van der Waals surface area (Å²) in [6.07, 6.45) is 1.55. The topological polar surface area (TPSA) is 70.4 Å². The highest BCUT2D eigenvalue weighted by atomic mass is 35.5. The highest BCUT2D eigenvalue weighted by molar-refractivity contribution is 6.29. The van der Waals surface area contributed by atoms with Crippen LogP contribution in [0.5, 0.6) is 5.75 Å². The number of halogens is 1. The van der Waals surface area contributed by atoms with Crippen LogP contribution in [0.1, 0.15) is 5.56 Å². The second kappa shape index (κ2) is 5.76. The Hall–Kier alpha value is -2.66. The van der Waals surface area contributed by atoms with Crippen molar-refractivity contribution in [1.29, 1.82) is 0 Å². The van der Waals surface area contributed by atoms with E-state index in [0.717, 1.165) is 10.8 Å². The van der Waals surface area contributed by atoms with Gasteiger partial charge in [0.05, 0.1) is 6.21 Å². The number of hydrogen-bond acceptors (Lipinski definition) is 5. The first kappa shape index (κ1) is 13.3. The van der Waals surface area contributed by atoms with E-state index in [1.165, 1.54) is 0 Å². The summed E-state index contributed by atoms with van der Waals surface area (Å²) in [5.41, 5.74) is 3.38. The van der Waals surface area contributed by atoms with Crippen molar-refractivity contribution in [3.8, 4) is 5.75 Å². The third kappa shape index (κ3) is 2.93. The Morgan fingerprint density at radius 3 is 2.71 bits per heavy atom. The van der Waals surface area contributed by atoms with E-state index in [4.69, 9.17) is 11.6 Å². The largest absolute Gasteiger partial charge is 0.507 e. The van der Waals surface area contributed by atoms with Crippen LogP contribution in [0.15, 0.2) is 53.6 Å². The monoisotopic (exact) mass is 298 g/mol. The summed E-state index contributed by atoms with van der Waals surface area (Å²) in [5, 5.41) is 23.8. The molecule has 2 N–H and O–H groups in total. The van der Waals surface area contributed by atoms with E-state index in [9.17, 15) is 5.11 Å². The van der Waals surface area contributed by atoms with Gasteiger partial charge in [-0.05, 0) is 29.0 Å². The Labute approximate surface area is 125 Å². The molecule has 0 radical (unpaired) electrons. The SMILES string of the molecule is Oc1ccc2ccccc2c1/C=N\Nc1ccc(Cl)nn1. The lowest BCUT2D eigenvalue weighted by atomic mass is 10.0. The molecule has 0 bridgehead atoms. The van der Waals surface area contributed by atoms with Crippen molar-refractivity contribution in [2.75, 3.05) is 5.43 Å². The second-order valence-corrected chi connectivity index (χ2v) is 4.72. The molecule has 5 nitrogen and oxygen atoms in total. The molecule has 104 valence electrons. The maximum Gasteiger partial charge on any atom is 0.168 e. The van der Waals surface area contributed by atoms with Gasteiger partial charge in [-0.25, -0.2) is 0 Å². The minimum Gasteiger partial charge on any atom is -0.507 e. The van der Waals surface area contributed by atoms with Crippen LogP contribution >= 0.6 is 11.6 Å². The number of rotatable bonds is 3. The standard InChI is InChI=1S/C15H11ClN4O/c16-14-7-8-15(20-18-14)19-17-9-12-11-4-2-1-3-10(11)5-6-13(12)21/h1-9,21H,(H,19,20)/b17-9-. The first-order valence-corrected chi connectivity index (χ1v) is 6.61. The molecule has 0 amide bonds. The predicted octanol–water partition coefficient (Wildman–Crippen LogP) is 3.43. The summed E-state index contributed by atoms with van der Waals surface area (Å²) in [6.45, 7) is 0. The number of fused-ring (bicyclic) bond motifs is 1. The minimum atomic E-state index is 0.168. The van der Waals surface area contributed by atoms with E-state index in [0.29, 0.717) is 16.5 Å². The van der Waals surface area contributed by atoms with Crippen LogP contribution in [0.2, 0.25) is 5.15 Å². The lowest BCUT2D eigenvalue weighted by Crippen LogP contribution is -1.95. The summed E-state index contributed by atoms with van der Waals surface area (Å²) in [7, 11) is 0. The van der Waals surface area contributed by atoms with E-state index in [-0.39, 0.29) is 5.75 Å². The Morgan fingerprint density at radius 2 is 1.90 bits per heavy atom. The molecular weight excluding hydrogens is 288 g/mol. The van der Waals surface area contributed by atoms with Crippen LogP contribution < -0.4 is 5.43 Å². The molecule has 3 aromatic rings. The quantitative estimate of drug-likeness (QED) is 0.574. The molecule has 0 saturated heterocycles. The number of hydrogen-bond donors (Lipinski definition) is 2. The van der Waals surface area contributed by atoms with Gasteiger partial charge in [0.15, 0.2) is 11.0 Å². The highest BCUT2D eigenvalue weighted by Gasteiger charge is 2.04. The number of nitrogens with zero attached hydrogens (tertiary/aromatic N) is 3. The molecule has 0 aliphatic rings. The molecule has 0 fully saturated rings. The van der Waals surface area contributed by atoms with Gasteiger partial charge in [0, 0.05) is 5.56 Å². The fraction of sp³-hybridized carbons (Fsp3) is 0. The second-order valence-electron chi connectivity index (χ2n) is 4.33. The fourth-order valence-electron chi connectivity index (χ4n) is 1.96. The minimum absolute atomic E-state index is 0.168. The van der Waals surface area contributed by atoms with E-state index in [1.54, 1.807) is 24.4 Å². The average Bonchev–Trinajstić information content (AvgIpc) is 2.51. The van der Waals surface area contributed by atoms with Crippen LogP contribution in [0, 0.1) is 0 Å². The molecule has 0 aliphatic carbocycles. The number of anilines is 1. The molecule has 3 rings (SSSR count). The lowest BCUT2D eigenvalue weighted by Gasteiger charge is -2.04. The van der Waals surface area contributed by atoms with Gasteiger partial charge < -0.3 is 5.11 Å². The normalized spacial score (nSPS) is 11.1. The number of phenolic OH excluding ortho intramolecular Hbond substituents is 1. The van der Waals surface area contributed by atoms with Crippen molar-refractivity contribution < 1.29 is 5.11 Å². The van der Waals surface area contributed by atoms with Gasteiger partial charge >= 0.3 is 0 Å². The lowest BCUT2D eigenvalue weighted by molar-refractivity contribution is 0.475. The number of hydrazone groups is 1. The third-order valence-corrected chi connectivity index (χ3v) is 3.15. The van der Waals surface area contributed by atoms with Gasteiger partial charge in [0.1, 0.15) is 5.75 Å². The number of benzene rings is 2. The number of aromatic hydroxyl groups is 1. The summed E-state index contributed by atoms with van der Waals surface area (Å²) < 4.78 is 0. The summed E-state index contributed by atoms with van der Waals surface area (Å²) in [6, 6.07) is 14.5. The zero-order chi connectivity index (χ0) is 14.7. The molecule has 1 heterocycles. The molecule has 2 aromatic carbocycles. The third-order valence-electron chi connectivity index (χ3n) is 2.95. The maximum atomic E-state index is 9.98. The highest BCUT2D eigenvalue weighted by Crippen LogP contribution is 2.25. The van der Waals surface area contributed by atoms with Crippen molar-refractivity contribution in [3.05, 3.63) is 59.2 Å². The van der Waals surface area contributed by atoms with Crippen molar-refractivity contribution in [1.82, 2.24) is 10.2 Å². The van der Waals surface area contributed by atoms with Gasteiger partial charge in [-0.1, -0.05) is 41.9 Å². The summed E-state index contributed by atoms with van der Waals surface area (Å²) in [4.78, 5) is 0.